The molecule has 1 N–H and O–H groups in total. The van der Waals surface area contributed by atoms with Crippen LogP contribution in [0.4, 0.5) is 0 Å². The minimum atomic E-state index is -0.198. The number of fused-ring (bicyclic) bond motifs is 1. The zero-order chi connectivity index (χ0) is 14.8. The predicted octanol–water partition coefficient (Wildman–Crippen LogP) is 3.88. The monoisotopic (exact) mass is 312 g/mol. The Labute approximate surface area is 127 Å². The summed E-state index contributed by atoms with van der Waals surface area (Å²) in [5.74, 6) is 0.659. The summed E-state index contributed by atoms with van der Waals surface area (Å²) in [6.45, 7) is 5.88. The highest BCUT2D eigenvalue weighted by molar-refractivity contribution is 7.99. The highest BCUT2D eigenvalue weighted by Crippen LogP contribution is 2.25. The van der Waals surface area contributed by atoms with Crippen LogP contribution in [0, 0.1) is 0 Å². The van der Waals surface area contributed by atoms with E-state index in [1.165, 1.54) is 11.8 Å². The number of hydrogen-bond donors (Lipinski definition) is 1. The first-order valence-electron chi connectivity index (χ1n) is 6.33. The van der Waals surface area contributed by atoms with Crippen LogP contribution in [0.2, 0.25) is 5.02 Å². The summed E-state index contributed by atoms with van der Waals surface area (Å²) < 4.78 is 5.57. The largest absolute Gasteiger partial charge is 0.431 e. The van der Waals surface area contributed by atoms with Gasteiger partial charge in [0.15, 0.2) is 5.58 Å². The van der Waals surface area contributed by atoms with Gasteiger partial charge in [0.05, 0.1) is 0 Å². The molecule has 1 aromatic carbocycles. The summed E-state index contributed by atoms with van der Waals surface area (Å²) in [4.78, 5) is 16.0. The topological polar surface area (TPSA) is 55.1 Å². The van der Waals surface area contributed by atoms with E-state index in [4.69, 9.17) is 16.0 Å². The number of rotatable bonds is 4. The fourth-order valence-corrected chi connectivity index (χ4v) is 2.59. The lowest BCUT2D eigenvalue weighted by Crippen LogP contribution is -2.40. The zero-order valence-corrected chi connectivity index (χ0v) is 13.3. The van der Waals surface area contributed by atoms with Crippen LogP contribution in [0.5, 0.6) is 0 Å². The third kappa shape index (κ3) is 4.42. The number of carbonyl (C=O) groups is 1. The molecule has 20 heavy (non-hydrogen) atoms. The molecule has 0 saturated heterocycles. The first kappa shape index (κ1) is 15.2. The molecule has 6 heteroatoms. The van der Waals surface area contributed by atoms with Crippen LogP contribution in [0.1, 0.15) is 27.2 Å². The molecule has 1 amide bonds. The molecule has 2 rings (SSSR count). The number of hydrogen-bond acceptors (Lipinski definition) is 4. The molecule has 0 bridgehead atoms. The molecular formula is C14H17ClN2O2S. The molecule has 0 saturated carbocycles. The highest BCUT2D eigenvalue weighted by atomic mass is 35.5. The number of halogens is 1. The second-order valence-electron chi connectivity index (χ2n) is 5.49. The fraction of sp³-hybridized carbons (Fsp3) is 0.429. The molecule has 2 aromatic rings. The number of nitrogens with one attached hydrogen (secondary N) is 1. The van der Waals surface area contributed by atoms with E-state index in [9.17, 15) is 4.79 Å². The quantitative estimate of drug-likeness (QED) is 0.871. The van der Waals surface area contributed by atoms with Crippen molar-refractivity contribution in [2.45, 2.75) is 38.0 Å². The van der Waals surface area contributed by atoms with E-state index < -0.39 is 0 Å². The van der Waals surface area contributed by atoms with Crippen LogP contribution in [-0.2, 0) is 4.79 Å². The van der Waals surface area contributed by atoms with Gasteiger partial charge in [0.25, 0.3) is 5.22 Å². The molecule has 1 aromatic heterocycles. The number of nitrogens with zero attached hydrogens (tertiary/aromatic N) is 1. The number of carbonyl (C=O) groups excluding carboxylic acids is 1. The van der Waals surface area contributed by atoms with Gasteiger partial charge in [-0.1, -0.05) is 23.4 Å². The van der Waals surface area contributed by atoms with Crippen molar-refractivity contribution in [3.63, 3.8) is 0 Å². The second kappa shape index (κ2) is 6.06. The molecule has 0 fully saturated rings. The average molecular weight is 313 g/mol. The minimum Gasteiger partial charge on any atom is -0.431 e. The van der Waals surface area contributed by atoms with Crippen molar-refractivity contribution < 1.29 is 9.21 Å². The number of oxazole rings is 1. The van der Waals surface area contributed by atoms with Gasteiger partial charge in [-0.15, -0.1) is 0 Å². The van der Waals surface area contributed by atoms with Gasteiger partial charge in [0.1, 0.15) is 5.52 Å². The van der Waals surface area contributed by atoms with Crippen molar-refractivity contribution in [3.05, 3.63) is 23.2 Å². The van der Waals surface area contributed by atoms with E-state index in [0.717, 1.165) is 5.52 Å². The highest BCUT2D eigenvalue weighted by Gasteiger charge is 2.14. The standard InChI is InChI=1S/C14H17ClN2O2S/c1-14(2,3)17-12(18)6-7-20-13-16-10-8-9(15)4-5-11(10)19-13/h4-5,8H,6-7H2,1-3H3,(H,17,18). The van der Waals surface area contributed by atoms with Crippen LogP contribution in [-0.4, -0.2) is 22.2 Å². The average Bonchev–Trinajstić information content (AvgIpc) is 2.68. The Morgan fingerprint density at radius 3 is 2.90 bits per heavy atom. The summed E-state index contributed by atoms with van der Waals surface area (Å²) in [6, 6.07) is 5.32. The summed E-state index contributed by atoms with van der Waals surface area (Å²) in [5.41, 5.74) is 1.24. The SMILES string of the molecule is CC(C)(C)NC(=O)CCSc1nc2cc(Cl)ccc2o1. The Morgan fingerprint density at radius 1 is 1.45 bits per heavy atom. The first-order valence-corrected chi connectivity index (χ1v) is 7.70. The van der Waals surface area contributed by atoms with Gasteiger partial charge in [-0.05, 0) is 39.0 Å². The van der Waals surface area contributed by atoms with Gasteiger partial charge < -0.3 is 9.73 Å². The zero-order valence-electron chi connectivity index (χ0n) is 11.7. The normalized spacial score (nSPS) is 11.8. The van der Waals surface area contributed by atoms with Crippen LogP contribution in [0.25, 0.3) is 11.1 Å². The van der Waals surface area contributed by atoms with Gasteiger partial charge in [-0.2, -0.15) is 0 Å². The van der Waals surface area contributed by atoms with E-state index in [-0.39, 0.29) is 11.4 Å². The van der Waals surface area contributed by atoms with Gasteiger partial charge in [0, 0.05) is 22.7 Å². The fourth-order valence-electron chi connectivity index (χ4n) is 1.65. The van der Waals surface area contributed by atoms with E-state index in [2.05, 4.69) is 10.3 Å². The van der Waals surface area contributed by atoms with E-state index in [1.54, 1.807) is 18.2 Å². The lowest BCUT2D eigenvalue weighted by Gasteiger charge is -2.20. The van der Waals surface area contributed by atoms with Gasteiger partial charge >= 0.3 is 0 Å². The van der Waals surface area contributed by atoms with Crippen molar-refractivity contribution in [3.8, 4) is 0 Å². The molecule has 0 unspecified atom stereocenters. The predicted molar refractivity (Wildman–Crippen MR) is 82.3 cm³/mol. The molecule has 4 nitrogen and oxygen atoms in total. The third-order valence-electron chi connectivity index (χ3n) is 2.40. The number of amides is 1. The number of benzene rings is 1. The molecule has 0 aliphatic heterocycles. The van der Waals surface area contributed by atoms with Crippen LogP contribution >= 0.6 is 23.4 Å². The molecule has 0 spiro atoms. The maximum Gasteiger partial charge on any atom is 0.256 e. The van der Waals surface area contributed by atoms with E-state index in [1.807, 2.05) is 20.8 Å². The maximum atomic E-state index is 11.7. The molecule has 0 atom stereocenters. The molecule has 0 radical (unpaired) electrons. The van der Waals surface area contributed by atoms with Crippen molar-refractivity contribution in [2.75, 3.05) is 5.75 Å². The van der Waals surface area contributed by atoms with Crippen LogP contribution in [0.3, 0.4) is 0 Å². The lowest BCUT2D eigenvalue weighted by atomic mass is 10.1. The molecule has 108 valence electrons. The smallest absolute Gasteiger partial charge is 0.256 e. The van der Waals surface area contributed by atoms with Crippen LogP contribution < -0.4 is 5.32 Å². The Hall–Kier alpha value is -1.20. The summed E-state index contributed by atoms with van der Waals surface area (Å²) in [5, 5.41) is 4.11. The van der Waals surface area contributed by atoms with Gasteiger partial charge in [0.2, 0.25) is 5.91 Å². The number of thioether (sulfide) groups is 1. The maximum absolute atomic E-state index is 11.7. The Balaban J connectivity index is 1.88. The van der Waals surface area contributed by atoms with Gasteiger partial charge in [-0.25, -0.2) is 4.98 Å². The number of aromatic nitrogens is 1. The molecule has 0 aliphatic carbocycles. The first-order chi connectivity index (χ1) is 9.33. The van der Waals surface area contributed by atoms with Gasteiger partial charge in [-0.3, -0.25) is 4.79 Å². The Morgan fingerprint density at radius 2 is 2.20 bits per heavy atom. The van der Waals surface area contributed by atoms with Crippen molar-refractivity contribution in [1.82, 2.24) is 10.3 Å². The Kier molecular flexibility index (Phi) is 4.60. The van der Waals surface area contributed by atoms with Crippen molar-refractivity contribution in [1.29, 1.82) is 0 Å². The lowest BCUT2D eigenvalue weighted by molar-refractivity contribution is -0.122. The summed E-state index contributed by atoms with van der Waals surface area (Å²) >= 11 is 7.32. The van der Waals surface area contributed by atoms with Crippen molar-refractivity contribution >= 4 is 40.4 Å². The minimum absolute atomic E-state index is 0.0316. The van der Waals surface area contributed by atoms with Crippen LogP contribution in [0.15, 0.2) is 27.8 Å². The van der Waals surface area contributed by atoms with Crippen molar-refractivity contribution in [2.24, 2.45) is 0 Å². The van der Waals surface area contributed by atoms with E-state index >= 15 is 0 Å². The second-order valence-corrected chi connectivity index (χ2v) is 6.97. The molecule has 1 heterocycles. The Bertz CT molecular complexity index is 619. The summed E-state index contributed by atoms with van der Waals surface area (Å²) in [7, 11) is 0. The molecular weight excluding hydrogens is 296 g/mol. The third-order valence-corrected chi connectivity index (χ3v) is 3.46. The van der Waals surface area contributed by atoms with E-state index in [0.29, 0.717) is 28.0 Å². The summed E-state index contributed by atoms with van der Waals surface area (Å²) in [6.07, 6.45) is 0.432. The molecule has 0 aliphatic rings.